The van der Waals surface area contributed by atoms with Crippen LogP contribution >= 0.6 is 11.6 Å². The second-order valence-electron chi connectivity index (χ2n) is 3.95. The Balaban J connectivity index is 2.70. The highest BCUT2D eigenvalue weighted by atomic mass is 35.5. The molecule has 6 heteroatoms. The molecule has 1 atom stereocenters. The summed E-state index contributed by atoms with van der Waals surface area (Å²) in [6.07, 6.45) is 1.67. The van der Waals surface area contributed by atoms with E-state index in [9.17, 15) is 9.59 Å². The van der Waals surface area contributed by atoms with Crippen molar-refractivity contribution in [1.82, 2.24) is 5.32 Å². The molecule has 0 fully saturated rings. The van der Waals surface area contributed by atoms with Crippen LogP contribution in [0.25, 0.3) is 0 Å². The summed E-state index contributed by atoms with van der Waals surface area (Å²) in [4.78, 5) is 22.5. The van der Waals surface area contributed by atoms with Crippen LogP contribution in [-0.4, -0.2) is 29.6 Å². The number of hydrogen-bond donors (Lipinski definition) is 3. The van der Waals surface area contributed by atoms with E-state index in [0.29, 0.717) is 0 Å². The molecule has 0 saturated heterocycles. The molecule has 0 aliphatic rings. The van der Waals surface area contributed by atoms with Gasteiger partial charge in [0.2, 0.25) is 5.91 Å². The van der Waals surface area contributed by atoms with Crippen LogP contribution in [-0.2, 0) is 4.79 Å². The molecule has 0 saturated carbocycles. The van der Waals surface area contributed by atoms with Crippen LogP contribution in [0.2, 0.25) is 5.02 Å². The highest BCUT2D eigenvalue weighted by Gasteiger charge is 2.10. The summed E-state index contributed by atoms with van der Waals surface area (Å²) >= 11 is 5.89. The van der Waals surface area contributed by atoms with Gasteiger partial charge in [0, 0.05) is 6.04 Å². The second-order valence-corrected chi connectivity index (χ2v) is 4.36. The summed E-state index contributed by atoms with van der Waals surface area (Å²) in [5.41, 5.74) is 0.340. The van der Waals surface area contributed by atoms with Crippen LogP contribution < -0.4 is 10.6 Å². The van der Waals surface area contributed by atoms with Gasteiger partial charge in [-0.05, 0) is 25.1 Å². The van der Waals surface area contributed by atoms with E-state index in [1.165, 1.54) is 18.2 Å². The number of benzene rings is 1. The van der Waals surface area contributed by atoms with Crippen molar-refractivity contribution in [3.8, 4) is 0 Å². The summed E-state index contributed by atoms with van der Waals surface area (Å²) in [5, 5.41) is 14.6. The van der Waals surface area contributed by atoms with Gasteiger partial charge in [-0.3, -0.25) is 4.79 Å². The number of carboxylic acid groups (broad SMARTS) is 1. The highest BCUT2D eigenvalue weighted by Crippen LogP contribution is 2.22. The molecule has 0 heterocycles. The van der Waals surface area contributed by atoms with Gasteiger partial charge in [0.05, 0.1) is 22.8 Å². The number of halogens is 1. The van der Waals surface area contributed by atoms with E-state index in [-0.39, 0.29) is 34.8 Å². The van der Waals surface area contributed by atoms with Crippen molar-refractivity contribution in [2.45, 2.75) is 13.0 Å². The molecule has 5 nitrogen and oxygen atoms in total. The Hall–Kier alpha value is -1.85. The molecule has 3 N–H and O–H groups in total. The van der Waals surface area contributed by atoms with E-state index in [1.807, 2.05) is 6.92 Å². The molecular weight excluding hydrogens is 268 g/mol. The molecule has 1 rings (SSSR count). The third-order valence-corrected chi connectivity index (χ3v) is 2.76. The molecular formula is C13H15ClN2O3. The van der Waals surface area contributed by atoms with Gasteiger partial charge in [0.1, 0.15) is 0 Å². The minimum atomic E-state index is -1.08. The lowest BCUT2D eigenvalue weighted by atomic mass is 10.2. The van der Waals surface area contributed by atoms with E-state index < -0.39 is 5.97 Å². The largest absolute Gasteiger partial charge is 0.478 e. The number of carbonyl (C=O) groups is 2. The molecule has 1 unspecified atom stereocenters. The van der Waals surface area contributed by atoms with E-state index in [1.54, 1.807) is 6.08 Å². The number of rotatable bonds is 6. The molecule has 19 heavy (non-hydrogen) atoms. The molecule has 1 aromatic carbocycles. The van der Waals surface area contributed by atoms with Crippen LogP contribution in [0.5, 0.6) is 0 Å². The number of aromatic carboxylic acids is 1. The lowest BCUT2D eigenvalue weighted by Gasteiger charge is -2.11. The molecule has 0 aliphatic carbocycles. The number of hydrogen-bond acceptors (Lipinski definition) is 3. The third kappa shape index (κ3) is 4.73. The van der Waals surface area contributed by atoms with Gasteiger partial charge >= 0.3 is 5.97 Å². The van der Waals surface area contributed by atoms with E-state index in [2.05, 4.69) is 17.2 Å². The number of carbonyl (C=O) groups excluding carboxylic acids is 1. The monoisotopic (exact) mass is 282 g/mol. The summed E-state index contributed by atoms with van der Waals surface area (Å²) in [6.45, 7) is 5.53. The zero-order valence-corrected chi connectivity index (χ0v) is 11.2. The summed E-state index contributed by atoms with van der Waals surface area (Å²) in [5.74, 6) is -1.39. The van der Waals surface area contributed by atoms with Gasteiger partial charge in [-0.25, -0.2) is 4.79 Å². The lowest BCUT2D eigenvalue weighted by Crippen LogP contribution is -2.33. The fraction of sp³-hybridized carbons (Fsp3) is 0.231. The first-order valence-electron chi connectivity index (χ1n) is 5.62. The van der Waals surface area contributed by atoms with Crippen LogP contribution in [0.3, 0.4) is 0 Å². The molecule has 0 bridgehead atoms. The van der Waals surface area contributed by atoms with Crippen LogP contribution in [0.4, 0.5) is 5.69 Å². The first-order valence-corrected chi connectivity index (χ1v) is 6.00. The van der Waals surface area contributed by atoms with Crippen molar-refractivity contribution in [2.24, 2.45) is 0 Å². The maximum absolute atomic E-state index is 11.7. The summed E-state index contributed by atoms with van der Waals surface area (Å²) in [7, 11) is 0. The molecule has 0 aliphatic heterocycles. The summed E-state index contributed by atoms with van der Waals surface area (Å²) < 4.78 is 0. The van der Waals surface area contributed by atoms with Crippen molar-refractivity contribution in [2.75, 3.05) is 11.9 Å². The Morgan fingerprint density at radius 1 is 1.53 bits per heavy atom. The zero-order valence-electron chi connectivity index (χ0n) is 10.4. The summed E-state index contributed by atoms with van der Waals surface area (Å²) in [6, 6.07) is 4.13. The van der Waals surface area contributed by atoms with Crippen molar-refractivity contribution < 1.29 is 14.7 Å². The predicted octanol–water partition coefficient (Wildman–Crippen LogP) is 2.14. The molecule has 1 amide bonds. The number of amides is 1. The van der Waals surface area contributed by atoms with Crippen molar-refractivity contribution in [1.29, 1.82) is 0 Å². The topological polar surface area (TPSA) is 78.4 Å². The standard InChI is InChI=1S/C13H15ClN2O3/c1-3-8(2)15-7-12(17)16-11-6-9(13(18)19)4-5-10(11)14/h3-6,8,15H,1,7H2,2H3,(H,16,17)(H,18,19). The van der Waals surface area contributed by atoms with Crippen molar-refractivity contribution in [3.05, 3.63) is 41.4 Å². The van der Waals surface area contributed by atoms with E-state index in [0.717, 1.165) is 0 Å². The predicted molar refractivity (Wildman–Crippen MR) is 74.7 cm³/mol. The first-order chi connectivity index (χ1) is 8.93. The van der Waals surface area contributed by atoms with Gasteiger partial charge in [-0.1, -0.05) is 17.7 Å². The van der Waals surface area contributed by atoms with Gasteiger partial charge in [-0.2, -0.15) is 0 Å². The average molecular weight is 283 g/mol. The highest BCUT2D eigenvalue weighted by molar-refractivity contribution is 6.33. The zero-order chi connectivity index (χ0) is 14.4. The molecule has 1 aromatic rings. The maximum atomic E-state index is 11.7. The second kappa shape index (κ2) is 6.92. The van der Waals surface area contributed by atoms with Crippen LogP contribution in [0, 0.1) is 0 Å². The van der Waals surface area contributed by atoms with Gasteiger partial charge < -0.3 is 15.7 Å². The lowest BCUT2D eigenvalue weighted by molar-refractivity contribution is -0.115. The number of carboxylic acids is 1. The third-order valence-electron chi connectivity index (χ3n) is 2.43. The first kappa shape index (κ1) is 15.2. The molecule has 0 aromatic heterocycles. The average Bonchev–Trinajstić information content (AvgIpc) is 2.38. The van der Waals surface area contributed by atoms with Gasteiger partial charge in [0.25, 0.3) is 0 Å². The number of anilines is 1. The Morgan fingerprint density at radius 2 is 2.21 bits per heavy atom. The Morgan fingerprint density at radius 3 is 2.79 bits per heavy atom. The molecule has 0 radical (unpaired) electrons. The normalized spacial score (nSPS) is 11.7. The van der Waals surface area contributed by atoms with Crippen LogP contribution in [0.1, 0.15) is 17.3 Å². The van der Waals surface area contributed by atoms with Crippen molar-refractivity contribution >= 4 is 29.2 Å². The Bertz CT molecular complexity index is 503. The van der Waals surface area contributed by atoms with Gasteiger partial charge in [-0.15, -0.1) is 6.58 Å². The van der Waals surface area contributed by atoms with E-state index in [4.69, 9.17) is 16.7 Å². The Kier molecular flexibility index (Phi) is 5.54. The number of nitrogens with one attached hydrogen (secondary N) is 2. The molecule has 102 valence electrons. The maximum Gasteiger partial charge on any atom is 0.335 e. The minimum Gasteiger partial charge on any atom is -0.478 e. The van der Waals surface area contributed by atoms with E-state index >= 15 is 0 Å². The smallest absolute Gasteiger partial charge is 0.335 e. The molecule has 0 spiro atoms. The minimum absolute atomic E-state index is 0.00609. The quantitative estimate of drug-likeness (QED) is 0.699. The van der Waals surface area contributed by atoms with Crippen molar-refractivity contribution in [3.63, 3.8) is 0 Å². The van der Waals surface area contributed by atoms with Crippen LogP contribution in [0.15, 0.2) is 30.9 Å². The SMILES string of the molecule is C=CC(C)NCC(=O)Nc1cc(C(=O)O)ccc1Cl. The Labute approximate surface area is 116 Å². The van der Waals surface area contributed by atoms with Gasteiger partial charge in [0.15, 0.2) is 0 Å². The fourth-order valence-corrected chi connectivity index (χ4v) is 1.45. The fourth-order valence-electron chi connectivity index (χ4n) is 1.29.